The lowest BCUT2D eigenvalue weighted by molar-refractivity contribution is -0.119. The molecule has 0 aliphatic heterocycles. The Labute approximate surface area is 100 Å². The number of benzene rings is 1. The fraction of sp³-hybridized carbons (Fsp3) is 0.417. The van der Waals surface area contributed by atoms with Crippen molar-refractivity contribution < 1.29 is 13.9 Å². The largest absolute Gasteiger partial charge is 0.385 e. The van der Waals surface area contributed by atoms with Gasteiger partial charge in [0, 0.05) is 20.8 Å². The molecule has 5 heteroatoms. The van der Waals surface area contributed by atoms with E-state index in [2.05, 4.69) is 0 Å². The van der Waals surface area contributed by atoms with Gasteiger partial charge in [-0.2, -0.15) is 0 Å². The lowest BCUT2D eigenvalue weighted by Gasteiger charge is -2.21. The van der Waals surface area contributed by atoms with Crippen LogP contribution >= 0.6 is 0 Å². The number of hydrogen-bond donors (Lipinski definition) is 1. The van der Waals surface area contributed by atoms with E-state index in [1.165, 1.54) is 31.2 Å². The Morgan fingerprint density at radius 2 is 2.18 bits per heavy atom. The van der Waals surface area contributed by atoms with Crippen molar-refractivity contribution in [3.8, 4) is 0 Å². The van der Waals surface area contributed by atoms with Crippen LogP contribution in [0.2, 0.25) is 0 Å². The number of nitrogens with two attached hydrogens (primary N) is 1. The molecule has 0 aromatic heterocycles. The second-order valence-corrected chi connectivity index (χ2v) is 3.74. The van der Waals surface area contributed by atoms with Crippen molar-refractivity contribution in [2.45, 2.75) is 12.5 Å². The first kappa shape index (κ1) is 13.6. The Morgan fingerprint density at radius 1 is 1.53 bits per heavy atom. The van der Waals surface area contributed by atoms with E-state index in [4.69, 9.17) is 10.5 Å². The molecular formula is C12H17FN2O2. The highest BCUT2D eigenvalue weighted by Gasteiger charge is 2.20. The summed E-state index contributed by atoms with van der Waals surface area (Å²) in [5.41, 5.74) is 5.93. The van der Waals surface area contributed by atoms with Crippen LogP contribution in [-0.2, 0) is 9.53 Å². The van der Waals surface area contributed by atoms with E-state index in [0.717, 1.165) is 0 Å². The molecule has 4 nitrogen and oxygen atoms in total. The van der Waals surface area contributed by atoms with Crippen molar-refractivity contribution in [2.75, 3.05) is 25.7 Å². The summed E-state index contributed by atoms with van der Waals surface area (Å²) in [4.78, 5) is 13.1. The first-order valence-electron chi connectivity index (χ1n) is 5.34. The number of methoxy groups -OCH3 is 1. The van der Waals surface area contributed by atoms with E-state index >= 15 is 0 Å². The lowest BCUT2D eigenvalue weighted by Crippen LogP contribution is -2.42. The summed E-state index contributed by atoms with van der Waals surface area (Å²) in [6, 6.07) is 5.40. The monoisotopic (exact) mass is 240 g/mol. The van der Waals surface area contributed by atoms with Gasteiger partial charge in [0.05, 0.1) is 11.7 Å². The SMILES string of the molecule is COCCC(N)C(=O)N(C)c1ccccc1F. The Morgan fingerprint density at radius 3 is 2.76 bits per heavy atom. The van der Waals surface area contributed by atoms with Crippen LogP contribution in [0.15, 0.2) is 24.3 Å². The topological polar surface area (TPSA) is 55.6 Å². The molecule has 0 fully saturated rings. The molecule has 0 bridgehead atoms. The van der Waals surface area contributed by atoms with Gasteiger partial charge in [-0.1, -0.05) is 12.1 Å². The van der Waals surface area contributed by atoms with E-state index in [0.29, 0.717) is 13.0 Å². The predicted molar refractivity (Wildman–Crippen MR) is 64.3 cm³/mol. The first-order valence-corrected chi connectivity index (χ1v) is 5.34. The fourth-order valence-corrected chi connectivity index (χ4v) is 1.46. The molecule has 1 unspecified atom stereocenters. The molecule has 1 atom stereocenters. The summed E-state index contributed by atoms with van der Waals surface area (Å²) >= 11 is 0. The van der Waals surface area contributed by atoms with Crippen molar-refractivity contribution >= 4 is 11.6 Å². The van der Waals surface area contributed by atoms with Gasteiger partial charge in [0.2, 0.25) is 5.91 Å². The third-order valence-electron chi connectivity index (χ3n) is 2.49. The van der Waals surface area contributed by atoms with Gasteiger partial charge in [0.1, 0.15) is 5.82 Å². The molecular weight excluding hydrogens is 223 g/mol. The number of amides is 1. The Balaban J connectivity index is 2.73. The zero-order chi connectivity index (χ0) is 12.8. The lowest BCUT2D eigenvalue weighted by atomic mass is 10.2. The van der Waals surface area contributed by atoms with Gasteiger partial charge in [0.15, 0.2) is 0 Å². The number of ether oxygens (including phenoxy) is 1. The maximum Gasteiger partial charge on any atom is 0.243 e. The number of carbonyl (C=O) groups is 1. The first-order chi connectivity index (χ1) is 8.07. The van der Waals surface area contributed by atoms with Gasteiger partial charge in [-0.05, 0) is 18.6 Å². The average Bonchev–Trinajstić information content (AvgIpc) is 2.34. The average molecular weight is 240 g/mol. The van der Waals surface area contributed by atoms with Gasteiger partial charge < -0.3 is 15.4 Å². The molecule has 0 aliphatic carbocycles. The highest BCUT2D eigenvalue weighted by molar-refractivity contribution is 5.96. The molecule has 2 N–H and O–H groups in total. The molecule has 17 heavy (non-hydrogen) atoms. The van der Waals surface area contributed by atoms with Crippen LogP contribution in [0.3, 0.4) is 0 Å². The standard InChI is InChI=1S/C12H17FN2O2/c1-15(11-6-4-3-5-9(11)13)12(16)10(14)7-8-17-2/h3-6,10H,7-8,14H2,1-2H3. The van der Waals surface area contributed by atoms with Crippen molar-refractivity contribution in [3.63, 3.8) is 0 Å². The summed E-state index contributed by atoms with van der Waals surface area (Å²) < 4.78 is 18.3. The van der Waals surface area contributed by atoms with Crippen molar-refractivity contribution in [2.24, 2.45) is 5.73 Å². The molecule has 0 aliphatic rings. The minimum absolute atomic E-state index is 0.227. The molecule has 0 radical (unpaired) electrons. The van der Waals surface area contributed by atoms with E-state index in [1.54, 1.807) is 12.1 Å². The molecule has 1 aromatic rings. The van der Waals surface area contributed by atoms with Gasteiger partial charge in [-0.25, -0.2) is 4.39 Å². The second-order valence-electron chi connectivity index (χ2n) is 3.74. The maximum absolute atomic E-state index is 13.5. The number of nitrogens with zero attached hydrogens (tertiary/aromatic N) is 1. The van der Waals surface area contributed by atoms with Crippen LogP contribution in [0.1, 0.15) is 6.42 Å². The van der Waals surface area contributed by atoms with Crippen LogP contribution in [0.25, 0.3) is 0 Å². The zero-order valence-electron chi connectivity index (χ0n) is 10.0. The van der Waals surface area contributed by atoms with E-state index in [9.17, 15) is 9.18 Å². The Hall–Kier alpha value is -1.46. The number of carbonyl (C=O) groups excluding carboxylic acids is 1. The van der Waals surface area contributed by atoms with Crippen LogP contribution < -0.4 is 10.6 Å². The van der Waals surface area contributed by atoms with E-state index in [-0.39, 0.29) is 11.6 Å². The highest BCUT2D eigenvalue weighted by Crippen LogP contribution is 2.17. The number of rotatable bonds is 5. The maximum atomic E-state index is 13.5. The Bertz CT molecular complexity index is 385. The molecule has 94 valence electrons. The van der Waals surface area contributed by atoms with Crippen LogP contribution in [-0.4, -0.2) is 32.7 Å². The summed E-state index contributed by atoms with van der Waals surface area (Å²) in [5.74, 6) is -0.769. The van der Waals surface area contributed by atoms with E-state index < -0.39 is 11.9 Å². The van der Waals surface area contributed by atoms with Crippen molar-refractivity contribution in [1.82, 2.24) is 0 Å². The normalized spacial score (nSPS) is 12.2. The number of likely N-dealkylation sites (N-methyl/N-ethyl adjacent to an activating group) is 1. The molecule has 1 amide bonds. The van der Waals surface area contributed by atoms with Crippen LogP contribution in [0.4, 0.5) is 10.1 Å². The molecule has 0 spiro atoms. The summed E-state index contributed by atoms with van der Waals surface area (Å²) in [5, 5.41) is 0. The molecule has 0 heterocycles. The van der Waals surface area contributed by atoms with E-state index in [1.807, 2.05) is 0 Å². The summed E-state index contributed by atoms with van der Waals surface area (Å²) in [7, 11) is 3.05. The number of hydrogen-bond acceptors (Lipinski definition) is 3. The molecule has 1 rings (SSSR count). The van der Waals surface area contributed by atoms with Gasteiger partial charge in [-0.3, -0.25) is 4.79 Å². The van der Waals surface area contributed by atoms with Gasteiger partial charge in [-0.15, -0.1) is 0 Å². The summed E-state index contributed by atoms with van der Waals surface area (Å²) in [6.45, 7) is 0.401. The molecule has 0 saturated heterocycles. The third-order valence-corrected chi connectivity index (χ3v) is 2.49. The number of anilines is 1. The second kappa shape index (κ2) is 6.32. The van der Waals surface area contributed by atoms with Crippen molar-refractivity contribution in [3.05, 3.63) is 30.1 Å². The van der Waals surface area contributed by atoms with Gasteiger partial charge >= 0.3 is 0 Å². The Kier molecular flexibility index (Phi) is 5.06. The molecule has 1 aromatic carbocycles. The number of para-hydroxylation sites is 1. The van der Waals surface area contributed by atoms with Crippen LogP contribution in [0.5, 0.6) is 0 Å². The number of halogens is 1. The quantitative estimate of drug-likeness (QED) is 0.840. The van der Waals surface area contributed by atoms with Gasteiger partial charge in [0.25, 0.3) is 0 Å². The van der Waals surface area contributed by atoms with Crippen LogP contribution in [0, 0.1) is 5.82 Å². The molecule has 0 saturated carbocycles. The smallest absolute Gasteiger partial charge is 0.243 e. The third kappa shape index (κ3) is 3.51. The summed E-state index contributed by atoms with van der Waals surface area (Å²) in [6.07, 6.45) is 0.411. The highest BCUT2D eigenvalue weighted by atomic mass is 19.1. The zero-order valence-corrected chi connectivity index (χ0v) is 10.0. The minimum atomic E-state index is -0.681. The van der Waals surface area contributed by atoms with Crippen molar-refractivity contribution in [1.29, 1.82) is 0 Å². The minimum Gasteiger partial charge on any atom is -0.385 e. The predicted octanol–water partition coefficient (Wildman–Crippen LogP) is 1.15. The fourth-order valence-electron chi connectivity index (χ4n) is 1.46.